The Hall–Kier alpha value is -3.65. The molecular formula is C24H17F3N2O2S. The van der Waals surface area contributed by atoms with Crippen LogP contribution in [0.25, 0.3) is 10.6 Å². The van der Waals surface area contributed by atoms with Crippen LogP contribution >= 0.6 is 11.3 Å². The van der Waals surface area contributed by atoms with E-state index in [0.29, 0.717) is 27.7 Å². The first-order valence-corrected chi connectivity index (χ1v) is 10.5. The number of hydrogen-bond donors (Lipinski definition) is 1. The molecule has 0 aliphatic rings. The second kappa shape index (κ2) is 9.23. The summed E-state index contributed by atoms with van der Waals surface area (Å²) in [4.78, 5) is 16.8. The van der Waals surface area contributed by atoms with Crippen molar-refractivity contribution in [1.29, 1.82) is 0 Å². The zero-order chi connectivity index (χ0) is 22.6. The zero-order valence-electron chi connectivity index (χ0n) is 16.6. The number of rotatable bonds is 6. The van der Waals surface area contributed by atoms with Crippen molar-refractivity contribution in [2.24, 2.45) is 0 Å². The van der Waals surface area contributed by atoms with E-state index in [1.807, 2.05) is 18.2 Å². The molecule has 1 amide bonds. The van der Waals surface area contributed by atoms with Gasteiger partial charge in [-0.1, -0.05) is 30.3 Å². The van der Waals surface area contributed by atoms with Gasteiger partial charge in [-0.3, -0.25) is 4.79 Å². The maximum Gasteiger partial charge on any atom is 0.416 e. The van der Waals surface area contributed by atoms with Crippen molar-refractivity contribution >= 4 is 22.9 Å². The molecule has 0 aliphatic heterocycles. The summed E-state index contributed by atoms with van der Waals surface area (Å²) in [5.74, 6) is 0.226. The summed E-state index contributed by atoms with van der Waals surface area (Å²) in [7, 11) is 0. The lowest BCUT2D eigenvalue weighted by Crippen LogP contribution is -2.12. The summed E-state index contributed by atoms with van der Waals surface area (Å²) in [6.45, 7) is 0.0182. The first-order chi connectivity index (χ1) is 15.4. The maximum absolute atomic E-state index is 12.8. The van der Waals surface area contributed by atoms with Gasteiger partial charge in [-0.2, -0.15) is 13.2 Å². The van der Waals surface area contributed by atoms with E-state index in [0.717, 1.165) is 17.7 Å². The fraction of sp³-hybridized carbons (Fsp3) is 0.0833. The predicted molar refractivity (Wildman–Crippen MR) is 118 cm³/mol. The van der Waals surface area contributed by atoms with Gasteiger partial charge >= 0.3 is 6.18 Å². The quantitative estimate of drug-likeness (QED) is 0.354. The molecule has 4 nitrogen and oxygen atoms in total. The number of nitrogens with zero attached hydrogens (tertiary/aromatic N) is 1. The molecule has 162 valence electrons. The Morgan fingerprint density at radius 1 is 0.969 bits per heavy atom. The highest BCUT2D eigenvalue weighted by molar-refractivity contribution is 7.13. The van der Waals surface area contributed by atoms with Crippen LogP contribution in [-0.2, 0) is 12.8 Å². The van der Waals surface area contributed by atoms with E-state index < -0.39 is 11.7 Å². The standard InChI is InChI=1S/C24H17F3N2O2S/c25-24(26,27)18-6-4-5-16(13-18)14-31-20-11-9-17(10-12-20)23-29-21(15-32-23)22(30)28-19-7-2-1-3-8-19/h1-13,15H,14H2,(H,28,30). The third kappa shape index (κ3) is 5.33. The molecule has 3 aromatic carbocycles. The van der Waals surface area contributed by atoms with Crippen LogP contribution in [0, 0.1) is 0 Å². The normalized spacial score (nSPS) is 11.2. The van der Waals surface area contributed by atoms with Gasteiger partial charge in [0.15, 0.2) is 0 Å². The van der Waals surface area contributed by atoms with Gasteiger partial charge in [0.2, 0.25) is 0 Å². The Kier molecular flexibility index (Phi) is 6.23. The van der Waals surface area contributed by atoms with E-state index in [9.17, 15) is 18.0 Å². The molecule has 0 atom stereocenters. The highest BCUT2D eigenvalue weighted by Gasteiger charge is 2.30. The molecule has 0 unspecified atom stereocenters. The topological polar surface area (TPSA) is 51.2 Å². The molecule has 1 heterocycles. The van der Waals surface area contributed by atoms with Crippen LogP contribution in [0.2, 0.25) is 0 Å². The lowest BCUT2D eigenvalue weighted by atomic mass is 10.1. The van der Waals surface area contributed by atoms with E-state index in [2.05, 4.69) is 10.3 Å². The summed E-state index contributed by atoms with van der Waals surface area (Å²) in [5, 5.41) is 5.15. The highest BCUT2D eigenvalue weighted by Crippen LogP contribution is 2.30. The number of nitrogens with one attached hydrogen (secondary N) is 1. The van der Waals surface area contributed by atoms with Crippen molar-refractivity contribution < 1.29 is 22.7 Å². The van der Waals surface area contributed by atoms with Crippen LogP contribution in [0.15, 0.2) is 84.2 Å². The Morgan fingerprint density at radius 3 is 2.44 bits per heavy atom. The number of hydrogen-bond acceptors (Lipinski definition) is 4. The maximum atomic E-state index is 12.8. The largest absolute Gasteiger partial charge is 0.489 e. The Morgan fingerprint density at radius 2 is 1.72 bits per heavy atom. The average molecular weight is 454 g/mol. The first-order valence-electron chi connectivity index (χ1n) is 9.60. The minimum absolute atomic E-state index is 0.0182. The Labute approximate surface area is 186 Å². The third-order valence-corrected chi connectivity index (χ3v) is 5.42. The van der Waals surface area contributed by atoms with E-state index in [4.69, 9.17) is 4.74 Å². The Bertz CT molecular complexity index is 1210. The SMILES string of the molecule is O=C(Nc1ccccc1)c1csc(-c2ccc(OCc3cccc(C(F)(F)F)c3)cc2)n1. The molecule has 1 aromatic heterocycles. The number of anilines is 1. The van der Waals surface area contributed by atoms with Crippen LogP contribution in [0.1, 0.15) is 21.6 Å². The number of carbonyl (C=O) groups excluding carboxylic acids is 1. The van der Waals surface area contributed by atoms with Gasteiger partial charge in [0, 0.05) is 16.6 Å². The number of amides is 1. The fourth-order valence-corrected chi connectivity index (χ4v) is 3.73. The second-order valence-electron chi connectivity index (χ2n) is 6.87. The molecule has 0 saturated carbocycles. The van der Waals surface area contributed by atoms with Gasteiger partial charge in [0.05, 0.1) is 5.56 Å². The zero-order valence-corrected chi connectivity index (χ0v) is 17.4. The van der Waals surface area contributed by atoms with Crippen molar-refractivity contribution in [3.05, 3.63) is 101 Å². The van der Waals surface area contributed by atoms with E-state index in [1.54, 1.807) is 47.8 Å². The number of benzene rings is 3. The summed E-state index contributed by atoms with van der Waals surface area (Å²) in [5.41, 5.74) is 1.54. The molecular weight excluding hydrogens is 437 g/mol. The molecule has 0 fully saturated rings. The number of alkyl halides is 3. The van der Waals surface area contributed by atoms with E-state index in [1.165, 1.54) is 17.4 Å². The summed E-state index contributed by atoms with van der Waals surface area (Å²) >= 11 is 1.34. The lowest BCUT2D eigenvalue weighted by molar-refractivity contribution is -0.137. The van der Waals surface area contributed by atoms with Crippen LogP contribution < -0.4 is 10.1 Å². The number of halogens is 3. The van der Waals surface area contributed by atoms with Gasteiger partial charge in [-0.25, -0.2) is 4.98 Å². The smallest absolute Gasteiger partial charge is 0.416 e. The van der Waals surface area contributed by atoms with Crippen molar-refractivity contribution in [3.8, 4) is 16.3 Å². The molecule has 0 saturated heterocycles. The number of thiazole rings is 1. The number of ether oxygens (including phenoxy) is 1. The van der Waals surface area contributed by atoms with E-state index >= 15 is 0 Å². The van der Waals surface area contributed by atoms with Crippen LogP contribution in [-0.4, -0.2) is 10.9 Å². The van der Waals surface area contributed by atoms with Crippen LogP contribution in [0.5, 0.6) is 5.75 Å². The minimum atomic E-state index is -4.39. The molecule has 4 aromatic rings. The molecule has 8 heteroatoms. The average Bonchev–Trinajstić information content (AvgIpc) is 3.29. The third-order valence-electron chi connectivity index (χ3n) is 4.53. The van der Waals surface area contributed by atoms with Gasteiger partial charge in [0.25, 0.3) is 5.91 Å². The Balaban J connectivity index is 1.38. The van der Waals surface area contributed by atoms with Crippen molar-refractivity contribution in [3.63, 3.8) is 0 Å². The fourth-order valence-electron chi connectivity index (χ4n) is 2.93. The van der Waals surface area contributed by atoms with Crippen molar-refractivity contribution in [1.82, 2.24) is 4.98 Å². The summed E-state index contributed by atoms with van der Waals surface area (Å²) < 4.78 is 44.1. The molecule has 0 radical (unpaired) electrons. The van der Waals surface area contributed by atoms with Gasteiger partial charge < -0.3 is 10.1 Å². The highest BCUT2D eigenvalue weighted by atomic mass is 32.1. The molecule has 0 bridgehead atoms. The summed E-state index contributed by atoms with van der Waals surface area (Å²) in [6, 6.07) is 21.2. The minimum Gasteiger partial charge on any atom is -0.489 e. The van der Waals surface area contributed by atoms with Gasteiger partial charge in [-0.05, 0) is 54.1 Å². The summed E-state index contributed by atoms with van der Waals surface area (Å²) in [6.07, 6.45) is -4.39. The molecule has 32 heavy (non-hydrogen) atoms. The molecule has 1 N–H and O–H groups in total. The first kappa shape index (κ1) is 21.6. The van der Waals surface area contributed by atoms with Crippen molar-refractivity contribution in [2.75, 3.05) is 5.32 Å². The molecule has 4 rings (SSSR count). The predicted octanol–water partition coefficient (Wildman–Crippen LogP) is 6.66. The van der Waals surface area contributed by atoms with Crippen molar-refractivity contribution in [2.45, 2.75) is 12.8 Å². The number of para-hydroxylation sites is 1. The number of aromatic nitrogens is 1. The van der Waals surface area contributed by atoms with Gasteiger partial charge in [0.1, 0.15) is 23.1 Å². The molecule has 0 aliphatic carbocycles. The lowest BCUT2D eigenvalue weighted by Gasteiger charge is -2.10. The molecule has 0 spiro atoms. The van der Waals surface area contributed by atoms with Crippen LogP contribution in [0.4, 0.5) is 18.9 Å². The monoisotopic (exact) mass is 454 g/mol. The second-order valence-corrected chi connectivity index (χ2v) is 7.73. The number of carbonyl (C=O) groups is 1. The van der Waals surface area contributed by atoms with E-state index in [-0.39, 0.29) is 12.5 Å². The van der Waals surface area contributed by atoms with Gasteiger partial charge in [-0.15, -0.1) is 11.3 Å². The van der Waals surface area contributed by atoms with Crippen LogP contribution in [0.3, 0.4) is 0 Å².